The van der Waals surface area contributed by atoms with Gasteiger partial charge in [0, 0.05) is 1.43 Å². The molecule has 1 aliphatic heterocycles. The summed E-state index contributed by atoms with van der Waals surface area (Å²) in [5, 5.41) is 8.58. The second-order valence-corrected chi connectivity index (χ2v) is 7.42. The summed E-state index contributed by atoms with van der Waals surface area (Å²) in [5.41, 5.74) is 6.67. The first-order chi connectivity index (χ1) is 13.7. The molecule has 0 aliphatic carbocycles. The molecule has 1 aliphatic rings. The van der Waals surface area contributed by atoms with Crippen molar-refractivity contribution < 1.29 is 10.9 Å². The van der Waals surface area contributed by atoms with E-state index in [4.69, 9.17) is 19.5 Å². The summed E-state index contributed by atoms with van der Waals surface area (Å²) >= 11 is 1.68. The van der Waals surface area contributed by atoms with Crippen LogP contribution < -0.4 is 20.2 Å². The molecule has 7 nitrogen and oxygen atoms in total. The van der Waals surface area contributed by atoms with Gasteiger partial charge in [-0.3, -0.25) is 10.7 Å². The summed E-state index contributed by atoms with van der Waals surface area (Å²) in [5.74, 6) is 1.37. The highest BCUT2D eigenvalue weighted by Crippen LogP contribution is 2.29. The van der Waals surface area contributed by atoms with Gasteiger partial charge in [-0.15, -0.1) is 35.3 Å². The van der Waals surface area contributed by atoms with E-state index in [1.165, 1.54) is 10.3 Å². The van der Waals surface area contributed by atoms with Gasteiger partial charge in [-0.1, -0.05) is 12.1 Å². The Balaban J connectivity index is 0.00000160. The minimum absolute atomic E-state index is 0. The first-order valence-corrected chi connectivity index (χ1v) is 9.67. The maximum absolute atomic E-state index is 5.48. The Kier molecular flexibility index (Phi) is 7.04. The summed E-state index contributed by atoms with van der Waals surface area (Å²) in [4.78, 5) is 9.41. The minimum atomic E-state index is -0.372. The first kappa shape index (κ1) is 21.5. The Bertz CT molecular complexity index is 1050. The fourth-order valence-corrected chi connectivity index (χ4v) is 3.94. The number of nitrogens with zero attached hydrogens (tertiary/aromatic N) is 3. The number of halogens is 1. The molecule has 0 amide bonds. The summed E-state index contributed by atoms with van der Waals surface area (Å²) in [6, 6.07) is 11.9. The lowest BCUT2D eigenvalue weighted by Crippen LogP contribution is -2.41. The molecule has 9 heteroatoms. The first-order valence-electron chi connectivity index (χ1n) is 8.85. The van der Waals surface area contributed by atoms with Crippen LogP contribution in [0, 0.1) is 6.92 Å². The van der Waals surface area contributed by atoms with E-state index in [2.05, 4.69) is 41.0 Å². The largest absolute Gasteiger partial charge is 0.496 e. The second kappa shape index (κ2) is 9.51. The van der Waals surface area contributed by atoms with Gasteiger partial charge in [-0.05, 0) is 36.8 Å². The zero-order chi connectivity index (χ0) is 19.5. The summed E-state index contributed by atoms with van der Waals surface area (Å²) < 4.78 is 12.1. The summed E-state index contributed by atoms with van der Waals surface area (Å²) in [6.45, 7) is 2.66. The minimum Gasteiger partial charge on any atom is -0.496 e. The van der Waals surface area contributed by atoms with E-state index in [0.29, 0.717) is 23.8 Å². The number of hydrogen-bond donors (Lipinski definition) is 2. The molecule has 0 bridgehead atoms. The zero-order valence-corrected chi connectivity index (χ0v) is 19.4. The molecule has 0 saturated carbocycles. The maximum atomic E-state index is 5.48. The van der Waals surface area contributed by atoms with Crippen LogP contribution in [-0.4, -0.2) is 37.4 Å². The molecule has 2 heterocycles. The standard InChI is InChI=1S/C20H21N5O2S.HI.H2/c1-12-7-8-17-13(9-12)23-18(28-17)11-21-20-24-14(10-22-25-20)19-15(26-2)5-4-6-16(19)27-3;;/h4-10,20-21,25H,11H2,1-3H3;2*1H. The molecule has 2 N–H and O–H groups in total. The van der Waals surface area contributed by atoms with Crippen LogP contribution in [0.25, 0.3) is 10.2 Å². The van der Waals surface area contributed by atoms with Gasteiger partial charge in [-0.2, -0.15) is 5.10 Å². The summed E-state index contributed by atoms with van der Waals surface area (Å²) in [6.07, 6.45) is 1.29. The average molecular weight is 525 g/mol. The molecule has 1 atom stereocenters. The van der Waals surface area contributed by atoms with Crippen LogP contribution in [0.15, 0.2) is 46.5 Å². The number of hydrogen-bond acceptors (Lipinski definition) is 8. The molecule has 154 valence electrons. The third kappa shape index (κ3) is 4.68. The molecule has 1 aromatic heterocycles. The number of aryl methyl sites for hydroxylation is 1. The molecule has 2 aromatic carbocycles. The predicted molar refractivity (Wildman–Crippen MR) is 130 cm³/mol. The number of nitrogens with one attached hydrogen (secondary N) is 2. The molecule has 0 saturated heterocycles. The van der Waals surface area contributed by atoms with Gasteiger partial charge in [0.05, 0.1) is 48.5 Å². The number of thiazole rings is 1. The van der Waals surface area contributed by atoms with Gasteiger partial charge in [0.1, 0.15) is 16.5 Å². The Morgan fingerprint density at radius 1 is 1.17 bits per heavy atom. The monoisotopic (exact) mass is 525 g/mol. The smallest absolute Gasteiger partial charge is 0.189 e. The van der Waals surface area contributed by atoms with Gasteiger partial charge in [0.25, 0.3) is 0 Å². The Hall–Kier alpha value is -2.24. The zero-order valence-electron chi connectivity index (χ0n) is 16.3. The van der Waals surface area contributed by atoms with Crippen LogP contribution >= 0.6 is 35.3 Å². The Labute approximate surface area is 191 Å². The van der Waals surface area contributed by atoms with Crippen molar-refractivity contribution in [1.82, 2.24) is 15.7 Å². The number of rotatable bonds is 6. The van der Waals surface area contributed by atoms with Gasteiger partial charge >= 0.3 is 0 Å². The van der Waals surface area contributed by atoms with Gasteiger partial charge in [0.2, 0.25) is 0 Å². The van der Waals surface area contributed by atoms with E-state index in [0.717, 1.165) is 16.1 Å². The fraction of sp³-hybridized carbons (Fsp3) is 0.250. The van der Waals surface area contributed by atoms with Crippen molar-refractivity contribution >= 4 is 57.5 Å². The van der Waals surface area contributed by atoms with E-state index in [9.17, 15) is 0 Å². The predicted octanol–water partition coefficient (Wildman–Crippen LogP) is 3.94. The van der Waals surface area contributed by atoms with Crippen LogP contribution in [0.1, 0.15) is 17.6 Å². The van der Waals surface area contributed by atoms with E-state index < -0.39 is 0 Å². The van der Waals surface area contributed by atoms with Crippen LogP contribution in [-0.2, 0) is 6.54 Å². The van der Waals surface area contributed by atoms with Crippen LogP contribution in [0.5, 0.6) is 11.5 Å². The lowest BCUT2D eigenvalue weighted by Gasteiger charge is -2.20. The fourth-order valence-electron chi connectivity index (χ4n) is 3.04. The quantitative estimate of drug-likeness (QED) is 0.477. The molecule has 0 radical (unpaired) electrons. The van der Waals surface area contributed by atoms with Crippen molar-refractivity contribution in [2.45, 2.75) is 19.8 Å². The number of methoxy groups -OCH3 is 2. The topological polar surface area (TPSA) is 80.1 Å². The van der Waals surface area contributed by atoms with E-state index in [1.54, 1.807) is 31.8 Å². The average Bonchev–Trinajstić information content (AvgIpc) is 3.13. The Morgan fingerprint density at radius 3 is 2.66 bits per heavy atom. The van der Waals surface area contributed by atoms with Crippen LogP contribution in [0.3, 0.4) is 0 Å². The third-order valence-corrected chi connectivity index (χ3v) is 5.41. The molecule has 29 heavy (non-hydrogen) atoms. The van der Waals surface area contributed by atoms with Crippen molar-refractivity contribution in [2.75, 3.05) is 14.2 Å². The third-order valence-electron chi connectivity index (χ3n) is 4.37. The SMILES string of the molecule is COc1cccc(OC)c1C1=NC(NCc2nc3cc(C)ccc3s2)NN=C1.I.[HH]. The molecule has 0 fully saturated rings. The second-order valence-electron chi connectivity index (χ2n) is 6.30. The van der Waals surface area contributed by atoms with E-state index in [1.807, 2.05) is 18.2 Å². The van der Waals surface area contributed by atoms with Crippen molar-refractivity contribution in [3.63, 3.8) is 0 Å². The highest BCUT2D eigenvalue weighted by atomic mass is 127. The number of fused-ring (bicyclic) bond motifs is 1. The summed E-state index contributed by atoms with van der Waals surface area (Å²) in [7, 11) is 3.25. The van der Waals surface area contributed by atoms with Crippen LogP contribution in [0.4, 0.5) is 0 Å². The Morgan fingerprint density at radius 2 is 1.93 bits per heavy atom. The van der Waals surface area contributed by atoms with Gasteiger partial charge < -0.3 is 9.47 Å². The van der Waals surface area contributed by atoms with Crippen LogP contribution in [0.2, 0.25) is 0 Å². The van der Waals surface area contributed by atoms with E-state index >= 15 is 0 Å². The number of ether oxygens (including phenoxy) is 2. The molecular weight excluding hydrogens is 501 g/mol. The van der Waals surface area contributed by atoms with E-state index in [-0.39, 0.29) is 31.7 Å². The van der Waals surface area contributed by atoms with Crippen molar-refractivity contribution in [2.24, 2.45) is 10.1 Å². The number of aromatic nitrogens is 1. The number of aliphatic imine (C=N–C) groups is 1. The lowest BCUT2D eigenvalue weighted by atomic mass is 10.1. The number of benzene rings is 2. The molecule has 3 aromatic rings. The number of hydrazone groups is 1. The highest BCUT2D eigenvalue weighted by molar-refractivity contribution is 14.0. The van der Waals surface area contributed by atoms with Crippen molar-refractivity contribution in [3.05, 3.63) is 52.5 Å². The van der Waals surface area contributed by atoms with Crippen molar-refractivity contribution in [3.8, 4) is 11.5 Å². The lowest BCUT2D eigenvalue weighted by molar-refractivity contribution is 0.392. The molecule has 1 unspecified atom stereocenters. The molecule has 4 rings (SSSR count). The maximum Gasteiger partial charge on any atom is 0.189 e. The highest BCUT2D eigenvalue weighted by Gasteiger charge is 2.19. The van der Waals surface area contributed by atoms with Crippen molar-refractivity contribution in [1.29, 1.82) is 0 Å². The normalized spacial score (nSPS) is 15.4. The molecular formula is C20H24IN5O2S. The van der Waals surface area contributed by atoms with Gasteiger partial charge in [-0.25, -0.2) is 9.98 Å². The van der Waals surface area contributed by atoms with Gasteiger partial charge in [0.15, 0.2) is 6.29 Å². The molecule has 0 spiro atoms.